The number of methoxy groups -OCH3 is 2. The van der Waals surface area contributed by atoms with Gasteiger partial charge < -0.3 is 60.6 Å². The monoisotopic (exact) mass is 689 g/mol. The van der Waals surface area contributed by atoms with Crippen LogP contribution in [0, 0.1) is 0 Å². The Morgan fingerprint density at radius 3 is 0.935 bits per heavy atom. The summed E-state index contributed by atoms with van der Waals surface area (Å²) in [6.45, 7) is 20.0. The summed E-state index contributed by atoms with van der Waals surface area (Å²) in [5.74, 6) is 0. The highest BCUT2D eigenvalue weighted by Crippen LogP contribution is 2.18. The molecule has 0 saturated carbocycles. The highest BCUT2D eigenvalue weighted by atomic mass is 28.4. The fraction of sp³-hybridized carbons (Fsp3) is 1.00. The summed E-state index contributed by atoms with van der Waals surface area (Å²) in [5.41, 5.74) is 0. The van der Waals surface area contributed by atoms with Crippen molar-refractivity contribution in [3.63, 3.8) is 0 Å². The lowest BCUT2D eigenvalue weighted by molar-refractivity contribution is -0.0130. The summed E-state index contributed by atoms with van der Waals surface area (Å²) < 4.78 is 72.5. The van der Waals surface area contributed by atoms with Gasteiger partial charge >= 0.3 is 8.80 Å². The highest BCUT2D eigenvalue weighted by Gasteiger charge is 2.39. The van der Waals surface area contributed by atoms with E-state index >= 15 is 0 Å². The van der Waals surface area contributed by atoms with Crippen LogP contribution in [0.15, 0.2) is 0 Å². The van der Waals surface area contributed by atoms with Gasteiger partial charge in [-0.3, -0.25) is 4.90 Å². The summed E-state index contributed by atoms with van der Waals surface area (Å²) in [4.78, 5) is 2.34. The Hall–Kier alpha value is -0.343. The topological polar surface area (TPSA) is 123 Å². The smallest absolute Gasteiger partial charge is 0.382 e. The van der Waals surface area contributed by atoms with Crippen molar-refractivity contribution in [1.82, 2.24) is 4.90 Å². The zero-order valence-corrected chi connectivity index (χ0v) is 30.6. The Bertz CT molecular complexity index is 538. The van der Waals surface area contributed by atoms with Crippen molar-refractivity contribution in [2.24, 2.45) is 0 Å². The molecule has 0 saturated heterocycles. The first-order valence-electron chi connectivity index (χ1n) is 16.9. The third-order valence-electron chi connectivity index (χ3n) is 6.25. The van der Waals surface area contributed by atoms with Gasteiger partial charge in [-0.25, -0.2) is 0 Å². The molecule has 0 atom stereocenters. The molecule has 0 aromatic carbocycles. The average molecular weight is 690 g/mol. The van der Waals surface area contributed by atoms with E-state index in [0.29, 0.717) is 139 Å². The van der Waals surface area contributed by atoms with Crippen molar-refractivity contribution in [3.8, 4) is 0 Å². The molecule has 0 spiro atoms. The Morgan fingerprint density at radius 1 is 0.370 bits per heavy atom. The minimum atomic E-state index is -2.68. The SMILES string of the molecule is CCO[Si](CCCN(CCOCCOCCOCCOCCOC)CCOCCOCCOCCOCCOC)(OCC)OCC. The maximum absolute atomic E-state index is 6.02. The largest absolute Gasteiger partial charge is 0.500 e. The van der Waals surface area contributed by atoms with Gasteiger partial charge in [0.2, 0.25) is 0 Å². The minimum Gasteiger partial charge on any atom is -0.382 e. The van der Waals surface area contributed by atoms with E-state index in [-0.39, 0.29) is 0 Å². The first-order valence-corrected chi connectivity index (χ1v) is 18.8. The van der Waals surface area contributed by atoms with E-state index in [0.717, 1.165) is 32.1 Å². The summed E-state index contributed by atoms with van der Waals surface area (Å²) in [5, 5.41) is 0. The second kappa shape index (κ2) is 37.5. The lowest BCUT2D eigenvalue weighted by Crippen LogP contribution is -2.46. The molecular weight excluding hydrogens is 622 g/mol. The molecule has 46 heavy (non-hydrogen) atoms. The van der Waals surface area contributed by atoms with Gasteiger partial charge in [-0.1, -0.05) is 0 Å². The molecule has 0 aliphatic rings. The van der Waals surface area contributed by atoms with Crippen LogP contribution in [0.1, 0.15) is 27.2 Å². The second-order valence-corrected chi connectivity index (χ2v) is 12.5. The molecule has 0 fully saturated rings. The molecule has 0 bridgehead atoms. The molecule has 15 heteroatoms. The van der Waals surface area contributed by atoms with Crippen LogP contribution < -0.4 is 0 Å². The van der Waals surface area contributed by atoms with Gasteiger partial charge in [-0.05, 0) is 33.7 Å². The number of hydrogen-bond acceptors (Lipinski definition) is 14. The molecule has 0 N–H and O–H groups in total. The molecule has 0 unspecified atom stereocenters. The number of hydrogen-bond donors (Lipinski definition) is 0. The molecular formula is C31H67NO13Si. The molecule has 14 nitrogen and oxygen atoms in total. The van der Waals surface area contributed by atoms with Crippen molar-refractivity contribution in [2.45, 2.75) is 33.2 Å². The number of ether oxygens (including phenoxy) is 10. The van der Waals surface area contributed by atoms with Gasteiger partial charge in [-0.2, -0.15) is 0 Å². The second-order valence-electron chi connectivity index (χ2n) is 9.81. The van der Waals surface area contributed by atoms with E-state index in [1.165, 1.54) is 0 Å². The summed E-state index contributed by atoms with van der Waals surface area (Å²) >= 11 is 0. The van der Waals surface area contributed by atoms with E-state index in [1.54, 1.807) is 14.2 Å². The molecule has 0 aromatic heterocycles. The standard InChI is InChI=1S/C31H67NO13Si/c1-6-43-46(44-7-2,45-8-3)31-9-10-32(11-13-35-19-21-39-27-29-41-25-23-37-17-15-33-4)12-14-36-20-22-40-28-30-42-26-24-38-18-16-34-5/h6-31H2,1-5H3. The van der Waals surface area contributed by atoms with E-state index in [9.17, 15) is 0 Å². The Kier molecular flexibility index (Phi) is 37.2. The highest BCUT2D eigenvalue weighted by molar-refractivity contribution is 6.60. The van der Waals surface area contributed by atoms with Crippen LogP contribution in [0.3, 0.4) is 0 Å². The quantitative estimate of drug-likeness (QED) is 0.0690. The minimum absolute atomic E-state index is 0.523. The van der Waals surface area contributed by atoms with E-state index in [2.05, 4.69) is 4.90 Å². The molecule has 278 valence electrons. The molecule has 0 aliphatic carbocycles. The van der Waals surface area contributed by atoms with Gasteiger partial charge in [0, 0.05) is 53.2 Å². The van der Waals surface area contributed by atoms with Crippen LogP contribution in [0.25, 0.3) is 0 Å². The van der Waals surface area contributed by atoms with Crippen LogP contribution in [-0.2, 0) is 60.6 Å². The van der Waals surface area contributed by atoms with Crippen molar-refractivity contribution in [1.29, 1.82) is 0 Å². The van der Waals surface area contributed by atoms with Crippen LogP contribution in [0.4, 0.5) is 0 Å². The number of nitrogens with zero attached hydrogens (tertiary/aromatic N) is 1. The summed E-state index contributed by atoms with van der Waals surface area (Å²) in [6, 6.07) is 0.769. The van der Waals surface area contributed by atoms with Gasteiger partial charge in [0.25, 0.3) is 0 Å². The average Bonchev–Trinajstić information content (AvgIpc) is 3.05. The molecule has 0 aromatic rings. The maximum atomic E-state index is 6.02. The normalized spacial score (nSPS) is 12.1. The van der Waals surface area contributed by atoms with Crippen LogP contribution in [-0.4, -0.2) is 186 Å². The Balaban J connectivity index is 4.23. The first kappa shape index (κ1) is 45.7. The number of rotatable bonds is 40. The first-order chi connectivity index (χ1) is 22.7. The predicted molar refractivity (Wildman–Crippen MR) is 177 cm³/mol. The fourth-order valence-corrected chi connectivity index (χ4v) is 6.64. The zero-order valence-electron chi connectivity index (χ0n) is 29.6. The Morgan fingerprint density at radius 2 is 0.652 bits per heavy atom. The van der Waals surface area contributed by atoms with Gasteiger partial charge in [0.05, 0.1) is 119 Å². The van der Waals surface area contributed by atoms with Crippen molar-refractivity contribution in [2.75, 3.05) is 173 Å². The lowest BCUT2D eigenvalue weighted by Gasteiger charge is -2.29. The molecule has 0 rings (SSSR count). The fourth-order valence-electron chi connectivity index (χ4n) is 4.05. The van der Waals surface area contributed by atoms with Crippen molar-refractivity contribution in [3.05, 3.63) is 0 Å². The van der Waals surface area contributed by atoms with Crippen LogP contribution >= 0.6 is 0 Å². The zero-order chi connectivity index (χ0) is 33.7. The molecule has 0 heterocycles. The van der Waals surface area contributed by atoms with Crippen LogP contribution in [0.2, 0.25) is 6.04 Å². The molecule has 0 radical (unpaired) electrons. The van der Waals surface area contributed by atoms with E-state index in [1.807, 2.05) is 20.8 Å². The van der Waals surface area contributed by atoms with Gasteiger partial charge in [0.15, 0.2) is 0 Å². The van der Waals surface area contributed by atoms with Crippen molar-refractivity contribution < 1.29 is 60.6 Å². The summed E-state index contributed by atoms with van der Waals surface area (Å²) in [6.07, 6.45) is 0.896. The third-order valence-corrected chi connectivity index (χ3v) is 9.40. The van der Waals surface area contributed by atoms with E-state index in [4.69, 9.17) is 60.6 Å². The van der Waals surface area contributed by atoms with Gasteiger partial charge in [-0.15, -0.1) is 0 Å². The third kappa shape index (κ3) is 31.0. The predicted octanol–water partition coefficient (Wildman–Crippen LogP) is 2.15. The lowest BCUT2D eigenvalue weighted by atomic mass is 10.4. The van der Waals surface area contributed by atoms with Crippen LogP contribution in [0.5, 0.6) is 0 Å². The van der Waals surface area contributed by atoms with E-state index < -0.39 is 8.80 Å². The summed E-state index contributed by atoms with van der Waals surface area (Å²) in [7, 11) is 0.628. The van der Waals surface area contributed by atoms with Gasteiger partial charge in [0.1, 0.15) is 0 Å². The maximum Gasteiger partial charge on any atom is 0.500 e. The Labute approximate surface area is 280 Å². The van der Waals surface area contributed by atoms with Crippen molar-refractivity contribution >= 4 is 8.80 Å². The molecule has 0 aliphatic heterocycles. The molecule has 0 amide bonds.